The minimum Gasteiger partial charge on any atom is -0.465 e. The molecule has 1 aromatic rings. The van der Waals surface area contributed by atoms with Crippen molar-refractivity contribution in [1.82, 2.24) is 5.06 Å². The number of hydroxylamine groups is 2. The van der Waals surface area contributed by atoms with Gasteiger partial charge >= 0.3 is 5.97 Å². The summed E-state index contributed by atoms with van der Waals surface area (Å²) in [4.78, 5) is 18.3. The van der Waals surface area contributed by atoms with Crippen molar-refractivity contribution in [1.29, 1.82) is 0 Å². The Hall–Kier alpha value is -1.81. The zero-order chi connectivity index (χ0) is 14.2. The van der Waals surface area contributed by atoms with Gasteiger partial charge in [-0.05, 0) is 26.2 Å². The smallest absolute Gasteiger partial charge is 0.339 e. The van der Waals surface area contributed by atoms with Gasteiger partial charge in [0, 0.05) is 12.1 Å². The van der Waals surface area contributed by atoms with Gasteiger partial charge in [-0.1, -0.05) is 30.3 Å². The van der Waals surface area contributed by atoms with Crippen molar-refractivity contribution < 1.29 is 14.4 Å². The van der Waals surface area contributed by atoms with E-state index in [1.165, 1.54) is 7.11 Å². The molecule has 1 saturated heterocycles. The quantitative estimate of drug-likeness (QED) is 0.777. The van der Waals surface area contributed by atoms with Crippen molar-refractivity contribution in [2.24, 2.45) is 0 Å². The average Bonchev–Trinajstić information content (AvgIpc) is 2.80. The normalized spacial score (nSPS) is 26.1. The molecule has 0 spiro atoms. The second kappa shape index (κ2) is 4.94. The molecule has 4 nitrogen and oxygen atoms in total. The summed E-state index contributed by atoms with van der Waals surface area (Å²) in [6.07, 6.45) is 3.10. The summed E-state index contributed by atoms with van der Waals surface area (Å²) in [7, 11) is 1.42. The van der Waals surface area contributed by atoms with Crippen molar-refractivity contribution in [2.45, 2.75) is 31.7 Å². The van der Waals surface area contributed by atoms with Gasteiger partial charge in [-0.15, -0.1) is 5.06 Å². The number of nitrogens with zero attached hydrogens (tertiary/aromatic N) is 1. The number of fused-ring (bicyclic) bond motifs is 1. The van der Waals surface area contributed by atoms with Crippen LogP contribution in [0, 0.1) is 0 Å². The Balaban J connectivity index is 2.12. The van der Waals surface area contributed by atoms with Gasteiger partial charge in [0.05, 0.1) is 12.6 Å². The molecule has 2 aliphatic rings. The number of methoxy groups -OCH3 is 1. The maximum atomic E-state index is 12.3. The van der Waals surface area contributed by atoms with Gasteiger partial charge in [0.15, 0.2) is 5.76 Å². The van der Waals surface area contributed by atoms with Crippen LogP contribution in [0.5, 0.6) is 0 Å². The number of hydrogen-bond donors (Lipinski definition) is 0. The number of esters is 1. The van der Waals surface area contributed by atoms with Crippen molar-refractivity contribution in [3.8, 4) is 0 Å². The fourth-order valence-electron chi connectivity index (χ4n) is 3.09. The van der Waals surface area contributed by atoms with E-state index in [0.29, 0.717) is 11.3 Å². The van der Waals surface area contributed by atoms with Crippen molar-refractivity contribution in [3.63, 3.8) is 0 Å². The van der Waals surface area contributed by atoms with Crippen LogP contribution in [0.3, 0.4) is 0 Å². The third kappa shape index (κ3) is 1.91. The number of ether oxygens (including phenoxy) is 1. The van der Waals surface area contributed by atoms with E-state index in [2.05, 4.69) is 6.92 Å². The number of carbonyl (C=O) groups is 1. The molecule has 0 N–H and O–H groups in total. The molecule has 0 aromatic heterocycles. The summed E-state index contributed by atoms with van der Waals surface area (Å²) in [6.45, 7) is 2.90. The molecule has 2 aliphatic heterocycles. The second-order valence-corrected chi connectivity index (χ2v) is 5.49. The first-order valence-corrected chi connectivity index (χ1v) is 7.01. The van der Waals surface area contributed by atoms with Gasteiger partial charge in [-0.25, -0.2) is 4.79 Å². The second-order valence-electron chi connectivity index (χ2n) is 5.49. The van der Waals surface area contributed by atoms with Crippen LogP contribution in [0.25, 0.3) is 5.76 Å². The van der Waals surface area contributed by atoms with Crippen LogP contribution in [0.4, 0.5) is 0 Å². The van der Waals surface area contributed by atoms with Crippen LogP contribution in [0.15, 0.2) is 35.9 Å². The van der Waals surface area contributed by atoms with E-state index in [4.69, 9.17) is 9.57 Å². The molecule has 0 amide bonds. The van der Waals surface area contributed by atoms with Crippen LogP contribution >= 0.6 is 0 Å². The SMILES string of the molecule is COC(=O)C1=C(c2ccccc2)ON2CCCCC12C. The van der Waals surface area contributed by atoms with Crippen molar-refractivity contribution >= 4 is 11.7 Å². The predicted octanol–water partition coefficient (Wildman–Crippen LogP) is 2.76. The van der Waals surface area contributed by atoms with Gasteiger partial charge in [0.25, 0.3) is 0 Å². The van der Waals surface area contributed by atoms with Gasteiger partial charge in [-0.2, -0.15) is 0 Å². The third-order valence-electron chi connectivity index (χ3n) is 4.22. The summed E-state index contributed by atoms with van der Waals surface area (Å²) in [5.74, 6) is 0.345. The van der Waals surface area contributed by atoms with Gasteiger partial charge in [0.2, 0.25) is 0 Å². The Labute approximate surface area is 118 Å². The van der Waals surface area contributed by atoms with Gasteiger partial charge < -0.3 is 9.57 Å². The summed E-state index contributed by atoms with van der Waals surface area (Å²) < 4.78 is 5.00. The highest BCUT2D eigenvalue weighted by atomic mass is 16.7. The van der Waals surface area contributed by atoms with E-state index in [0.717, 1.165) is 31.4 Å². The first-order chi connectivity index (χ1) is 9.66. The maximum Gasteiger partial charge on any atom is 0.339 e. The van der Waals surface area contributed by atoms with E-state index in [9.17, 15) is 4.79 Å². The zero-order valence-electron chi connectivity index (χ0n) is 11.9. The molecule has 1 fully saturated rings. The van der Waals surface area contributed by atoms with Crippen LogP contribution in [0.2, 0.25) is 0 Å². The molecule has 4 heteroatoms. The summed E-state index contributed by atoms with van der Waals surface area (Å²) >= 11 is 0. The minimum absolute atomic E-state index is 0.296. The molecule has 0 saturated carbocycles. The average molecular weight is 273 g/mol. The van der Waals surface area contributed by atoms with Gasteiger partial charge in [-0.3, -0.25) is 0 Å². The molecule has 0 bridgehead atoms. The first-order valence-electron chi connectivity index (χ1n) is 7.01. The maximum absolute atomic E-state index is 12.3. The minimum atomic E-state index is -0.378. The molecular formula is C16H19NO3. The molecule has 2 heterocycles. The third-order valence-corrected chi connectivity index (χ3v) is 4.22. The van der Waals surface area contributed by atoms with E-state index < -0.39 is 0 Å². The number of rotatable bonds is 2. The molecule has 1 unspecified atom stereocenters. The standard InChI is InChI=1S/C16H19NO3/c1-16-10-6-7-11-17(16)20-14(13(16)15(18)19-2)12-8-4-3-5-9-12/h3-5,8-9H,6-7,10-11H2,1-2H3. The van der Waals surface area contributed by atoms with E-state index in [1.807, 2.05) is 35.4 Å². The Morgan fingerprint density at radius 3 is 2.75 bits per heavy atom. The lowest BCUT2D eigenvalue weighted by atomic mass is 9.82. The van der Waals surface area contributed by atoms with Crippen LogP contribution in [0.1, 0.15) is 31.7 Å². The Morgan fingerprint density at radius 1 is 1.30 bits per heavy atom. The van der Waals surface area contributed by atoms with Crippen LogP contribution in [-0.4, -0.2) is 30.2 Å². The van der Waals surface area contributed by atoms with Crippen LogP contribution in [-0.2, 0) is 14.4 Å². The molecule has 0 radical (unpaired) electrons. The van der Waals surface area contributed by atoms with E-state index in [-0.39, 0.29) is 11.5 Å². The Bertz CT molecular complexity index is 552. The zero-order valence-corrected chi connectivity index (χ0v) is 11.9. The fraction of sp³-hybridized carbons (Fsp3) is 0.438. The van der Waals surface area contributed by atoms with Crippen molar-refractivity contribution in [2.75, 3.05) is 13.7 Å². The highest BCUT2D eigenvalue weighted by molar-refractivity contribution is 5.99. The summed E-state index contributed by atoms with van der Waals surface area (Å²) in [5, 5.41) is 1.94. The van der Waals surface area contributed by atoms with E-state index >= 15 is 0 Å². The highest BCUT2D eigenvalue weighted by Gasteiger charge is 2.50. The number of hydrogen-bond acceptors (Lipinski definition) is 4. The molecule has 106 valence electrons. The van der Waals surface area contributed by atoms with Crippen LogP contribution < -0.4 is 0 Å². The summed E-state index contributed by atoms with van der Waals surface area (Å²) in [6, 6.07) is 9.76. The monoisotopic (exact) mass is 273 g/mol. The number of piperidine rings is 1. The lowest BCUT2D eigenvalue weighted by Crippen LogP contribution is -2.47. The predicted molar refractivity (Wildman–Crippen MR) is 75.4 cm³/mol. The summed E-state index contributed by atoms with van der Waals surface area (Å²) in [5.41, 5.74) is 1.19. The first kappa shape index (κ1) is 13.2. The highest BCUT2D eigenvalue weighted by Crippen LogP contribution is 2.45. The molecule has 3 rings (SSSR count). The largest absolute Gasteiger partial charge is 0.465 e. The fourth-order valence-corrected chi connectivity index (χ4v) is 3.09. The van der Waals surface area contributed by atoms with E-state index in [1.54, 1.807) is 0 Å². The number of carbonyl (C=O) groups excluding carboxylic acids is 1. The molecule has 1 atom stereocenters. The lowest BCUT2D eigenvalue weighted by Gasteiger charge is -2.37. The molecule has 0 aliphatic carbocycles. The Morgan fingerprint density at radius 2 is 2.05 bits per heavy atom. The lowest BCUT2D eigenvalue weighted by molar-refractivity contribution is -0.152. The Kier molecular flexibility index (Phi) is 3.26. The molecule has 1 aromatic carbocycles. The topological polar surface area (TPSA) is 38.8 Å². The van der Waals surface area contributed by atoms with Gasteiger partial charge in [0.1, 0.15) is 5.57 Å². The molecular weight excluding hydrogens is 254 g/mol. The van der Waals surface area contributed by atoms with Crippen molar-refractivity contribution in [3.05, 3.63) is 41.5 Å². The number of benzene rings is 1. The molecule has 20 heavy (non-hydrogen) atoms.